The Morgan fingerprint density at radius 1 is 1.21 bits per heavy atom. The second kappa shape index (κ2) is 7.88. The van der Waals surface area contributed by atoms with Crippen LogP contribution < -0.4 is 4.90 Å². The summed E-state index contributed by atoms with van der Waals surface area (Å²) >= 11 is 0. The smallest absolute Gasteiger partial charge is 0.214 e. The van der Waals surface area contributed by atoms with Gasteiger partial charge in [0.1, 0.15) is 5.69 Å². The summed E-state index contributed by atoms with van der Waals surface area (Å²) in [6.45, 7) is 1.05. The van der Waals surface area contributed by atoms with Gasteiger partial charge in [-0.25, -0.2) is 17.2 Å². The summed E-state index contributed by atoms with van der Waals surface area (Å²) in [7, 11) is -1.89. The lowest BCUT2D eigenvalue weighted by Crippen LogP contribution is -2.49. The van der Waals surface area contributed by atoms with Crippen molar-refractivity contribution >= 4 is 15.7 Å². The molecular weight excluding hydrogens is 340 g/mol. The molecule has 1 fully saturated rings. The molecule has 0 bridgehead atoms. The van der Waals surface area contributed by atoms with Crippen LogP contribution in [0, 0.1) is 23.0 Å². The van der Waals surface area contributed by atoms with Crippen molar-refractivity contribution in [3.8, 4) is 6.07 Å². The number of anilines is 1. The molecule has 1 aromatic rings. The number of halogens is 2. The molecule has 2 rings (SSSR count). The first kappa shape index (κ1) is 18.6. The Morgan fingerprint density at radius 2 is 1.79 bits per heavy atom. The summed E-state index contributed by atoms with van der Waals surface area (Å²) in [6, 6.07) is 3.65. The van der Waals surface area contributed by atoms with E-state index in [0.717, 1.165) is 12.1 Å². The van der Waals surface area contributed by atoms with E-state index in [1.807, 2.05) is 0 Å². The minimum Gasteiger partial charge on any atom is -0.385 e. The van der Waals surface area contributed by atoms with E-state index in [2.05, 4.69) is 0 Å². The molecule has 0 spiro atoms. The molecule has 1 aliphatic heterocycles. The lowest BCUT2D eigenvalue weighted by Gasteiger charge is -2.35. The van der Waals surface area contributed by atoms with E-state index in [-0.39, 0.29) is 43.2 Å². The van der Waals surface area contributed by atoms with Gasteiger partial charge in [0.05, 0.1) is 17.4 Å². The standard InChI is InChI=1S/C15H19F2N3O3S/c1-23-7-2-8-24(21,22)20-5-3-19(4-6-20)15-13(16)9-12(11-18)10-14(15)17/h9-10H,2-8H2,1H3. The van der Waals surface area contributed by atoms with E-state index in [0.29, 0.717) is 13.0 Å². The second-order valence-corrected chi connectivity index (χ2v) is 7.54. The monoisotopic (exact) mass is 359 g/mol. The SMILES string of the molecule is COCCCS(=O)(=O)N1CCN(c2c(F)cc(C#N)cc2F)CC1. The highest BCUT2D eigenvalue weighted by Gasteiger charge is 2.29. The van der Waals surface area contributed by atoms with E-state index >= 15 is 0 Å². The Balaban J connectivity index is 2.04. The van der Waals surface area contributed by atoms with Crippen LogP contribution in [0.1, 0.15) is 12.0 Å². The molecule has 1 saturated heterocycles. The van der Waals surface area contributed by atoms with Crippen molar-refractivity contribution < 1.29 is 21.9 Å². The molecular formula is C15H19F2N3O3S. The molecule has 0 N–H and O–H groups in total. The predicted molar refractivity (Wildman–Crippen MR) is 85.1 cm³/mol. The van der Waals surface area contributed by atoms with Crippen molar-refractivity contribution in [3.05, 3.63) is 29.3 Å². The molecule has 0 unspecified atom stereocenters. The molecule has 1 heterocycles. The second-order valence-electron chi connectivity index (χ2n) is 5.45. The number of nitriles is 1. The van der Waals surface area contributed by atoms with Crippen molar-refractivity contribution in [3.63, 3.8) is 0 Å². The number of nitrogens with zero attached hydrogens (tertiary/aromatic N) is 3. The Labute approximate surface area is 140 Å². The van der Waals surface area contributed by atoms with Crippen molar-refractivity contribution in [2.24, 2.45) is 0 Å². The molecule has 0 radical (unpaired) electrons. The fraction of sp³-hybridized carbons (Fsp3) is 0.533. The summed E-state index contributed by atoms with van der Waals surface area (Å²) in [4.78, 5) is 1.47. The van der Waals surface area contributed by atoms with Crippen LogP contribution >= 0.6 is 0 Å². The topological polar surface area (TPSA) is 73.6 Å². The first-order valence-electron chi connectivity index (χ1n) is 7.50. The number of rotatable bonds is 6. The van der Waals surface area contributed by atoms with Crippen LogP contribution in [0.2, 0.25) is 0 Å². The van der Waals surface area contributed by atoms with Gasteiger partial charge < -0.3 is 9.64 Å². The maximum atomic E-state index is 14.0. The maximum absolute atomic E-state index is 14.0. The summed E-state index contributed by atoms with van der Waals surface area (Å²) in [5.41, 5.74) is -0.307. The zero-order valence-electron chi connectivity index (χ0n) is 13.3. The van der Waals surface area contributed by atoms with Gasteiger partial charge in [-0.2, -0.15) is 9.57 Å². The van der Waals surface area contributed by atoms with Crippen LogP contribution in [0.15, 0.2) is 12.1 Å². The van der Waals surface area contributed by atoms with E-state index in [4.69, 9.17) is 10.00 Å². The molecule has 132 valence electrons. The highest BCUT2D eigenvalue weighted by molar-refractivity contribution is 7.89. The van der Waals surface area contributed by atoms with Gasteiger partial charge in [-0.1, -0.05) is 0 Å². The summed E-state index contributed by atoms with van der Waals surface area (Å²) < 4.78 is 58.6. The fourth-order valence-corrected chi connectivity index (χ4v) is 4.10. The minimum absolute atomic E-state index is 0.0135. The average Bonchev–Trinajstić information content (AvgIpc) is 2.54. The molecule has 0 amide bonds. The van der Waals surface area contributed by atoms with Gasteiger partial charge in [0.25, 0.3) is 0 Å². The van der Waals surface area contributed by atoms with Gasteiger partial charge >= 0.3 is 0 Å². The summed E-state index contributed by atoms with van der Waals surface area (Å²) in [6.07, 6.45) is 0.401. The van der Waals surface area contributed by atoms with Gasteiger partial charge in [0.2, 0.25) is 10.0 Å². The number of methoxy groups -OCH3 is 1. The normalized spacial score (nSPS) is 16.2. The molecule has 6 nitrogen and oxygen atoms in total. The van der Waals surface area contributed by atoms with Crippen molar-refractivity contribution in [1.82, 2.24) is 4.31 Å². The molecule has 0 aromatic heterocycles. The van der Waals surface area contributed by atoms with E-state index in [9.17, 15) is 17.2 Å². The number of hydrogen-bond donors (Lipinski definition) is 0. The highest BCUT2D eigenvalue weighted by atomic mass is 32.2. The number of sulfonamides is 1. The van der Waals surface area contributed by atoms with Crippen LogP contribution in [0.5, 0.6) is 0 Å². The zero-order chi connectivity index (χ0) is 17.7. The molecule has 0 aliphatic carbocycles. The summed E-state index contributed by atoms with van der Waals surface area (Å²) in [5, 5.41) is 8.72. The predicted octanol–water partition coefficient (Wildman–Crippen LogP) is 1.32. The third-order valence-corrected chi connectivity index (χ3v) is 5.80. The summed E-state index contributed by atoms with van der Waals surface area (Å²) in [5.74, 6) is -1.65. The van der Waals surface area contributed by atoms with Gasteiger partial charge in [-0.15, -0.1) is 0 Å². The fourth-order valence-electron chi connectivity index (χ4n) is 2.64. The molecule has 0 atom stereocenters. The van der Waals surface area contributed by atoms with Gasteiger partial charge in [0, 0.05) is 39.9 Å². The third kappa shape index (κ3) is 4.20. The van der Waals surface area contributed by atoms with Gasteiger partial charge in [-0.05, 0) is 18.6 Å². The largest absolute Gasteiger partial charge is 0.385 e. The number of ether oxygens (including phenoxy) is 1. The lowest BCUT2D eigenvalue weighted by atomic mass is 10.1. The van der Waals surface area contributed by atoms with E-state index in [1.165, 1.54) is 16.3 Å². The molecule has 24 heavy (non-hydrogen) atoms. The Bertz CT molecular complexity index is 703. The molecule has 9 heteroatoms. The van der Waals surface area contributed by atoms with Crippen LogP contribution in [-0.2, 0) is 14.8 Å². The average molecular weight is 359 g/mol. The molecule has 0 saturated carbocycles. The van der Waals surface area contributed by atoms with Crippen LogP contribution in [0.3, 0.4) is 0 Å². The molecule has 1 aromatic carbocycles. The Kier molecular flexibility index (Phi) is 6.10. The highest BCUT2D eigenvalue weighted by Crippen LogP contribution is 2.26. The van der Waals surface area contributed by atoms with Gasteiger partial charge in [0.15, 0.2) is 11.6 Å². The van der Waals surface area contributed by atoms with Crippen LogP contribution in [0.4, 0.5) is 14.5 Å². The van der Waals surface area contributed by atoms with Crippen LogP contribution in [-0.4, -0.2) is 58.4 Å². The maximum Gasteiger partial charge on any atom is 0.214 e. The number of piperazine rings is 1. The number of hydrogen-bond acceptors (Lipinski definition) is 5. The van der Waals surface area contributed by atoms with Crippen LogP contribution in [0.25, 0.3) is 0 Å². The van der Waals surface area contributed by atoms with Crippen molar-refractivity contribution in [1.29, 1.82) is 5.26 Å². The third-order valence-electron chi connectivity index (χ3n) is 3.85. The van der Waals surface area contributed by atoms with Crippen molar-refractivity contribution in [2.75, 3.05) is 50.5 Å². The molecule has 1 aliphatic rings. The number of benzene rings is 1. The Morgan fingerprint density at radius 3 is 2.29 bits per heavy atom. The first-order chi connectivity index (χ1) is 11.4. The lowest BCUT2D eigenvalue weighted by molar-refractivity contribution is 0.199. The Hall–Kier alpha value is -1.76. The van der Waals surface area contributed by atoms with Gasteiger partial charge in [-0.3, -0.25) is 0 Å². The zero-order valence-corrected chi connectivity index (χ0v) is 14.2. The first-order valence-corrected chi connectivity index (χ1v) is 9.11. The van der Waals surface area contributed by atoms with E-state index < -0.39 is 21.7 Å². The quantitative estimate of drug-likeness (QED) is 0.717. The minimum atomic E-state index is -3.40. The van der Waals surface area contributed by atoms with E-state index in [1.54, 1.807) is 6.07 Å². The van der Waals surface area contributed by atoms with Crippen molar-refractivity contribution in [2.45, 2.75) is 6.42 Å².